The third-order valence-corrected chi connectivity index (χ3v) is 12.0. The van der Waals surface area contributed by atoms with Crippen LogP contribution in [0.1, 0.15) is 134 Å². The average Bonchev–Trinajstić information content (AvgIpc) is 3.46. The van der Waals surface area contributed by atoms with E-state index in [1.54, 1.807) is 0 Å². The number of aliphatic imine (C=N–C) groups is 1. The molecule has 8 rings (SSSR count). The van der Waals surface area contributed by atoms with Crippen LogP contribution in [0.4, 0.5) is 5.69 Å². The summed E-state index contributed by atoms with van der Waals surface area (Å²) in [5.74, 6) is 1.68. The van der Waals surface area contributed by atoms with Crippen molar-refractivity contribution in [1.29, 1.82) is 0 Å². The van der Waals surface area contributed by atoms with Crippen LogP contribution in [0.25, 0.3) is 22.0 Å². The molecule has 2 aromatic heterocycles. The first kappa shape index (κ1) is 43.3. The Morgan fingerprint density at radius 2 is 1.28 bits per heavy atom. The van der Waals surface area contributed by atoms with Gasteiger partial charge < -0.3 is 19.7 Å². The van der Waals surface area contributed by atoms with E-state index in [-0.39, 0.29) is 60.7 Å². The summed E-state index contributed by atoms with van der Waals surface area (Å²) < 4.78 is 6.69. The summed E-state index contributed by atoms with van der Waals surface area (Å²) in [5.41, 5.74) is 12.3. The standard InChI is InChI=1S/C53H59N4O2.Pt/c1-31-22-45(55-47-42(31)30-44(53(11,12)13)54-49(47)58)59-38-24-33(23-34(29-38)50(2,3)4)48-56-46-41-21-17-16-20-40(41)39-19-15-14-18-32(39)25-43(46)57(48)37-27-35(51(5,6)7)26-36(28-37)52(8,9)10;/h14-23,26-30,43,46H,25H2,1-13H3,(H,54,58);/q-1;/t43-,46-;/m0./s1. The topological polar surface area (TPSA) is 70.8 Å². The van der Waals surface area contributed by atoms with E-state index in [0.717, 1.165) is 45.7 Å². The number of ether oxygens (including phenoxy) is 1. The summed E-state index contributed by atoms with van der Waals surface area (Å²) in [6.07, 6.45) is 0.824. The van der Waals surface area contributed by atoms with Crippen LogP contribution in [0.15, 0.2) is 96.0 Å². The van der Waals surface area contributed by atoms with Crippen LogP contribution in [0, 0.1) is 13.0 Å². The van der Waals surface area contributed by atoms with Crippen LogP contribution in [0.3, 0.4) is 0 Å². The molecule has 1 N–H and O–H groups in total. The first-order valence-corrected chi connectivity index (χ1v) is 21.0. The number of pyridine rings is 2. The fourth-order valence-corrected chi connectivity index (χ4v) is 8.42. The molecular formula is C53H59N4O2Pt-. The third kappa shape index (κ3) is 8.17. The minimum Gasteiger partial charge on any atom is -0.492 e. The fraction of sp³-hybridized carbons (Fsp3) is 0.377. The quantitative estimate of drug-likeness (QED) is 0.178. The molecule has 3 heterocycles. The van der Waals surface area contributed by atoms with Crippen molar-refractivity contribution in [3.05, 3.63) is 142 Å². The Morgan fingerprint density at radius 3 is 1.92 bits per heavy atom. The molecule has 2 aliphatic rings. The van der Waals surface area contributed by atoms with Crippen molar-refractivity contribution in [3.8, 4) is 28.6 Å². The van der Waals surface area contributed by atoms with E-state index in [4.69, 9.17) is 14.7 Å². The van der Waals surface area contributed by atoms with Gasteiger partial charge >= 0.3 is 0 Å². The van der Waals surface area contributed by atoms with Gasteiger partial charge in [0.05, 0.1) is 23.6 Å². The smallest absolute Gasteiger partial charge is 0.238 e. The molecule has 0 unspecified atom stereocenters. The van der Waals surface area contributed by atoms with Crippen molar-refractivity contribution in [3.63, 3.8) is 0 Å². The van der Waals surface area contributed by atoms with Crippen molar-refractivity contribution < 1.29 is 30.9 Å². The number of nitrogens with zero attached hydrogens (tertiary/aromatic N) is 4. The van der Waals surface area contributed by atoms with Gasteiger partial charge in [0.1, 0.15) is 5.52 Å². The number of aromatic hydroxyl groups is 1. The van der Waals surface area contributed by atoms with Crippen LogP contribution in [0.5, 0.6) is 17.5 Å². The molecule has 6 nitrogen and oxygen atoms in total. The number of aromatic nitrogens is 2. The number of hydrogen-bond donors (Lipinski definition) is 1. The Balaban J connectivity index is 0.00000544. The maximum Gasteiger partial charge on any atom is 0.238 e. The Bertz CT molecular complexity index is 2620. The van der Waals surface area contributed by atoms with E-state index < -0.39 is 0 Å². The molecule has 0 saturated heterocycles. The largest absolute Gasteiger partial charge is 0.492 e. The fourth-order valence-electron chi connectivity index (χ4n) is 8.42. The van der Waals surface area contributed by atoms with E-state index >= 15 is 0 Å². The van der Waals surface area contributed by atoms with Crippen molar-refractivity contribution in [2.75, 3.05) is 4.90 Å². The second-order valence-electron chi connectivity index (χ2n) is 20.8. The number of aryl methyl sites for hydroxylation is 1. The van der Waals surface area contributed by atoms with Crippen molar-refractivity contribution >= 4 is 22.4 Å². The van der Waals surface area contributed by atoms with Crippen molar-refractivity contribution in [2.24, 2.45) is 4.99 Å². The van der Waals surface area contributed by atoms with Gasteiger partial charge in [0, 0.05) is 49.4 Å². The predicted octanol–water partition coefficient (Wildman–Crippen LogP) is 13.0. The maximum absolute atomic E-state index is 11.1. The average molecular weight is 979 g/mol. The van der Waals surface area contributed by atoms with Gasteiger partial charge in [-0.2, -0.15) is 0 Å². The second kappa shape index (κ2) is 15.3. The summed E-state index contributed by atoms with van der Waals surface area (Å²) in [5, 5.41) is 12.0. The Morgan fingerprint density at radius 1 is 0.683 bits per heavy atom. The Kier molecular flexibility index (Phi) is 11.0. The maximum atomic E-state index is 11.1. The molecule has 314 valence electrons. The molecule has 0 saturated carbocycles. The van der Waals surface area contributed by atoms with E-state index in [1.807, 2.05) is 19.1 Å². The summed E-state index contributed by atoms with van der Waals surface area (Å²) >= 11 is 0. The van der Waals surface area contributed by atoms with Gasteiger partial charge in [-0.15, -0.1) is 17.2 Å². The molecule has 0 bridgehead atoms. The van der Waals surface area contributed by atoms with Crippen LogP contribution in [-0.2, 0) is 49.1 Å². The molecule has 2 atom stereocenters. The SMILES string of the molecule is Cc1cc(Oc2[c-]c(C3=N[C@H]4c5ccccc5-c5ccccc5C[C@@H]4N3c3cc(C(C)(C)C)cc(C(C)(C)C)c3)cc(C(C)(C)C)c2)nc2c(O)nc(C(C)(C)C)cc12.[Pt]. The number of benzene rings is 4. The number of anilines is 1. The molecule has 1 aliphatic carbocycles. The number of hydrogen-bond acceptors (Lipinski definition) is 6. The Hall–Kier alpha value is -4.80. The van der Waals surface area contributed by atoms with E-state index in [0.29, 0.717) is 17.1 Å². The van der Waals surface area contributed by atoms with Crippen molar-refractivity contribution in [2.45, 2.75) is 130 Å². The summed E-state index contributed by atoms with van der Waals surface area (Å²) in [6.45, 7) is 28.7. The molecule has 0 fully saturated rings. The van der Waals surface area contributed by atoms with Crippen LogP contribution >= 0.6 is 0 Å². The van der Waals surface area contributed by atoms with Gasteiger partial charge in [-0.25, -0.2) is 9.97 Å². The minimum atomic E-state index is -0.229. The molecule has 4 aromatic carbocycles. The molecule has 1 aliphatic heterocycles. The third-order valence-electron chi connectivity index (χ3n) is 12.0. The Labute approximate surface area is 371 Å². The van der Waals surface area contributed by atoms with Crippen molar-refractivity contribution in [1.82, 2.24) is 9.97 Å². The minimum absolute atomic E-state index is 0. The monoisotopic (exact) mass is 978 g/mol. The number of fused-ring (bicyclic) bond motifs is 6. The van der Waals surface area contributed by atoms with Gasteiger partial charge in [0.15, 0.2) is 0 Å². The normalized spacial score (nSPS) is 16.7. The van der Waals surface area contributed by atoms with Gasteiger partial charge in [-0.1, -0.05) is 150 Å². The molecule has 7 heteroatoms. The molecule has 0 amide bonds. The molecule has 0 spiro atoms. The zero-order chi connectivity index (χ0) is 42.4. The molecular weight excluding hydrogens is 920 g/mol. The predicted molar refractivity (Wildman–Crippen MR) is 244 cm³/mol. The van der Waals surface area contributed by atoms with Gasteiger partial charge in [-0.05, 0) is 86.7 Å². The molecule has 6 aromatic rings. The first-order valence-electron chi connectivity index (χ1n) is 21.0. The number of amidine groups is 1. The van der Waals surface area contributed by atoms with Gasteiger partial charge in [-0.3, -0.25) is 0 Å². The van der Waals surface area contributed by atoms with Crippen LogP contribution in [-0.4, -0.2) is 27.0 Å². The van der Waals surface area contributed by atoms with E-state index in [1.165, 1.54) is 33.4 Å². The van der Waals surface area contributed by atoms with Gasteiger partial charge in [0.25, 0.3) is 0 Å². The summed E-state index contributed by atoms with van der Waals surface area (Å²) in [7, 11) is 0. The zero-order valence-electron chi connectivity index (χ0n) is 37.5. The molecule has 0 radical (unpaired) electrons. The summed E-state index contributed by atoms with van der Waals surface area (Å²) in [6, 6.07) is 36.6. The van der Waals surface area contributed by atoms with Crippen LogP contribution < -0.4 is 9.64 Å². The zero-order valence-corrected chi connectivity index (χ0v) is 39.8. The second-order valence-corrected chi connectivity index (χ2v) is 20.8. The molecule has 60 heavy (non-hydrogen) atoms. The van der Waals surface area contributed by atoms with E-state index in [9.17, 15) is 5.11 Å². The first-order chi connectivity index (χ1) is 27.6. The van der Waals surface area contributed by atoms with E-state index in [2.05, 4.69) is 178 Å². The van der Waals surface area contributed by atoms with Crippen LogP contribution in [0.2, 0.25) is 0 Å². The summed E-state index contributed by atoms with van der Waals surface area (Å²) in [4.78, 5) is 17.6. The number of rotatable bonds is 4. The van der Waals surface area contributed by atoms with Gasteiger partial charge in [0.2, 0.25) is 11.8 Å².